The van der Waals surface area contributed by atoms with E-state index in [2.05, 4.69) is 0 Å². The number of hydrogen-bond acceptors (Lipinski definition) is 3. The van der Waals surface area contributed by atoms with Gasteiger partial charge in [-0.05, 0) is 13.0 Å². The predicted octanol–water partition coefficient (Wildman–Crippen LogP) is 3.73. The summed E-state index contributed by atoms with van der Waals surface area (Å²) in [5, 5.41) is 9.90. The van der Waals surface area contributed by atoms with Crippen molar-refractivity contribution in [1.82, 2.24) is 4.90 Å². The van der Waals surface area contributed by atoms with Crippen LogP contribution in [0.25, 0.3) is 11.0 Å². The lowest BCUT2D eigenvalue weighted by atomic mass is 9.96. The number of para-hydroxylation sites is 1. The number of aryl methyl sites for hydroxylation is 1. The highest BCUT2D eigenvalue weighted by Crippen LogP contribution is 2.39. The lowest BCUT2D eigenvalue weighted by molar-refractivity contribution is -0.187. The van der Waals surface area contributed by atoms with Crippen molar-refractivity contribution in [2.45, 2.75) is 13.1 Å². The summed E-state index contributed by atoms with van der Waals surface area (Å²) in [4.78, 5) is 24.6. The molecule has 9 heteroatoms. The number of amides is 1. The van der Waals surface area contributed by atoms with E-state index in [1.165, 1.54) is 0 Å². The zero-order valence-corrected chi connectivity index (χ0v) is 13.7. The quantitative estimate of drug-likeness (QED) is 0.868. The monoisotopic (exact) mass is 375 g/mol. The van der Waals surface area contributed by atoms with E-state index in [-0.39, 0.29) is 16.4 Å². The van der Waals surface area contributed by atoms with Gasteiger partial charge in [-0.25, -0.2) is 0 Å². The number of rotatable bonds is 2. The minimum absolute atomic E-state index is 0.130. The molecule has 1 aromatic carbocycles. The molecule has 5 nitrogen and oxygen atoms in total. The molecule has 1 N–H and O–H groups in total. The molecule has 0 bridgehead atoms. The largest absolute Gasteiger partial charge is 0.481 e. The highest BCUT2D eigenvalue weighted by atomic mass is 35.5. The Morgan fingerprint density at radius 2 is 2.00 bits per heavy atom. The number of nitrogens with zero attached hydrogens (tertiary/aromatic N) is 1. The van der Waals surface area contributed by atoms with Crippen LogP contribution < -0.4 is 0 Å². The average molecular weight is 376 g/mol. The molecule has 0 saturated carbocycles. The van der Waals surface area contributed by atoms with Crippen molar-refractivity contribution in [3.8, 4) is 0 Å². The third kappa shape index (κ3) is 2.95. The average Bonchev–Trinajstić information content (AvgIpc) is 3.10. The summed E-state index contributed by atoms with van der Waals surface area (Å²) in [5.74, 6) is -6.29. The van der Waals surface area contributed by atoms with Crippen LogP contribution in [0.3, 0.4) is 0 Å². The fourth-order valence-corrected chi connectivity index (χ4v) is 3.32. The molecule has 25 heavy (non-hydrogen) atoms. The van der Waals surface area contributed by atoms with E-state index in [0.29, 0.717) is 10.9 Å². The number of carboxylic acid groups (broad SMARTS) is 1. The van der Waals surface area contributed by atoms with E-state index in [0.717, 1.165) is 4.90 Å². The summed E-state index contributed by atoms with van der Waals surface area (Å²) in [7, 11) is 0. The Bertz CT molecular complexity index is 861. The van der Waals surface area contributed by atoms with Crippen LogP contribution in [0.4, 0.5) is 13.2 Å². The highest BCUT2D eigenvalue weighted by molar-refractivity contribution is 6.35. The number of hydrogen-bond donors (Lipinski definition) is 1. The molecule has 2 atom stereocenters. The van der Waals surface area contributed by atoms with Crippen molar-refractivity contribution in [2.24, 2.45) is 11.8 Å². The minimum Gasteiger partial charge on any atom is -0.481 e. The van der Waals surface area contributed by atoms with Crippen molar-refractivity contribution >= 4 is 34.4 Å². The van der Waals surface area contributed by atoms with E-state index in [9.17, 15) is 22.8 Å². The van der Waals surface area contributed by atoms with Gasteiger partial charge >= 0.3 is 12.1 Å². The third-order valence-electron chi connectivity index (χ3n) is 4.45. The van der Waals surface area contributed by atoms with Crippen LogP contribution in [0.2, 0.25) is 5.02 Å². The van der Waals surface area contributed by atoms with Crippen molar-refractivity contribution in [3.63, 3.8) is 0 Å². The van der Waals surface area contributed by atoms with Crippen LogP contribution in [-0.2, 0) is 4.79 Å². The number of likely N-dealkylation sites (tertiary alicyclic amines) is 1. The normalized spacial score (nSPS) is 21.1. The Morgan fingerprint density at radius 1 is 1.32 bits per heavy atom. The Kier molecular flexibility index (Phi) is 4.18. The summed E-state index contributed by atoms with van der Waals surface area (Å²) >= 11 is 6.01. The smallest absolute Gasteiger partial charge is 0.394 e. The Labute approximate surface area is 144 Å². The molecule has 2 heterocycles. The lowest BCUT2D eigenvalue weighted by Gasteiger charge is -2.18. The fraction of sp³-hybridized carbons (Fsp3) is 0.375. The number of fused-ring (bicyclic) bond motifs is 1. The van der Waals surface area contributed by atoms with Crippen LogP contribution >= 0.6 is 11.6 Å². The summed E-state index contributed by atoms with van der Waals surface area (Å²) < 4.78 is 44.7. The zero-order chi connectivity index (χ0) is 18.5. The van der Waals surface area contributed by atoms with Crippen LogP contribution in [0, 0.1) is 18.8 Å². The van der Waals surface area contributed by atoms with Gasteiger partial charge < -0.3 is 14.4 Å². The Morgan fingerprint density at radius 3 is 2.52 bits per heavy atom. The maximum Gasteiger partial charge on any atom is 0.394 e. The fourth-order valence-electron chi connectivity index (χ4n) is 3.11. The van der Waals surface area contributed by atoms with Crippen LogP contribution in [0.15, 0.2) is 22.6 Å². The summed E-state index contributed by atoms with van der Waals surface area (Å²) in [6.45, 7) is 0.355. The van der Waals surface area contributed by atoms with E-state index < -0.39 is 43.0 Å². The highest BCUT2D eigenvalue weighted by Gasteiger charge is 2.53. The van der Waals surface area contributed by atoms with E-state index in [4.69, 9.17) is 21.1 Å². The lowest BCUT2D eigenvalue weighted by Crippen LogP contribution is -2.34. The molecule has 0 unspecified atom stereocenters. The number of benzene rings is 1. The molecule has 1 saturated heterocycles. The van der Waals surface area contributed by atoms with Gasteiger partial charge in [-0.1, -0.05) is 23.7 Å². The van der Waals surface area contributed by atoms with E-state index in [1.54, 1.807) is 25.1 Å². The summed E-state index contributed by atoms with van der Waals surface area (Å²) in [6, 6.07) is 4.91. The maximum atomic E-state index is 13.1. The number of carboxylic acids is 1. The molecule has 3 rings (SSSR count). The number of carbonyl (C=O) groups is 2. The number of furan rings is 1. The summed E-state index contributed by atoms with van der Waals surface area (Å²) in [5.41, 5.74) is 0.719. The van der Waals surface area contributed by atoms with Crippen LogP contribution in [-0.4, -0.2) is 41.1 Å². The molecule has 1 aliphatic rings. The topological polar surface area (TPSA) is 70.8 Å². The van der Waals surface area contributed by atoms with Crippen molar-refractivity contribution in [2.75, 3.05) is 13.1 Å². The first-order chi connectivity index (χ1) is 11.6. The molecule has 2 aromatic rings. The molecule has 134 valence electrons. The first-order valence-electron chi connectivity index (χ1n) is 7.37. The molecule has 0 aliphatic carbocycles. The molecule has 0 radical (unpaired) electrons. The molecule has 1 aromatic heterocycles. The van der Waals surface area contributed by atoms with Gasteiger partial charge in [-0.2, -0.15) is 13.2 Å². The van der Waals surface area contributed by atoms with E-state index >= 15 is 0 Å². The Balaban J connectivity index is 1.95. The zero-order valence-electron chi connectivity index (χ0n) is 12.9. The summed E-state index contributed by atoms with van der Waals surface area (Å²) in [6.07, 6.45) is -4.70. The molecular weight excluding hydrogens is 363 g/mol. The van der Waals surface area contributed by atoms with E-state index in [1.807, 2.05) is 0 Å². The second-order valence-corrected chi connectivity index (χ2v) is 6.38. The van der Waals surface area contributed by atoms with Gasteiger partial charge in [0.25, 0.3) is 5.91 Å². The number of carbonyl (C=O) groups excluding carboxylic acids is 1. The standard InChI is InChI=1S/C16H13ClF3NO4/c1-7-8-3-2-4-11(17)13(8)25-12(7)14(22)21-5-9(15(23)24)10(6-21)16(18,19)20/h2-4,9-10H,5-6H2,1H3,(H,23,24)/t9-,10-/m1/s1. The van der Waals surface area contributed by atoms with Gasteiger partial charge in [0, 0.05) is 24.0 Å². The minimum atomic E-state index is -4.70. The van der Waals surface area contributed by atoms with Gasteiger partial charge in [-0.3, -0.25) is 9.59 Å². The first kappa shape index (κ1) is 17.6. The predicted molar refractivity (Wildman–Crippen MR) is 82.5 cm³/mol. The van der Waals surface area contributed by atoms with Crippen molar-refractivity contribution in [3.05, 3.63) is 34.5 Å². The Hall–Kier alpha value is -2.22. The van der Waals surface area contributed by atoms with Crippen molar-refractivity contribution in [1.29, 1.82) is 0 Å². The molecular formula is C16H13ClF3NO4. The number of alkyl halides is 3. The molecule has 1 aliphatic heterocycles. The molecule has 1 fully saturated rings. The SMILES string of the molecule is Cc1c(C(=O)N2C[C@@H](C(F)(F)F)[C@H](C(=O)O)C2)oc2c(Cl)cccc12. The second kappa shape index (κ2) is 5.94. The maximum absolute atomic E-state index is 13.1. The van der Waals surface area contributed by atoms with Gasteiger partial charge in [0.15, 0.2) is 11.3 Å². The van der Waals surface area contributed by atoms with Crippen molar-refractivity contribution < 1.29 is 32.3 Å². The first-order valence-corrected chi connectivity index (χ1v) is 7.75. The second-order valence-electron chi connectivity index (χ2n) is 5.98. The van der Waals surface area contributed by atoms with Crippen LogP contribution in [0.5, 0.6) is 0 Å². The van der Waals surface area contributed by atoms with Gasteiger partial charge in [0.05, 0.1) is 16.9 Å². The van der Waals surface area contributed by atoms with Gasteiger partial charge in [-0.15, -0.1) is 0 Å². The molecule has 0 spiro atoms. The van der Waals surface area contributed by atoms with Gasteiger partial charge in [0.2, 0.25) is 0 Å². The number of halogens is 4. The molecule has 1 amide bonds. The third-order valence-corrected chi connectivity index (χ3v) is 4.75. The van der Waals surface area contributed by atoms with Crippen LogP contribution in [0.1, 0.15) is 16.1 Å². The van der Waals surface area contributed by atoms with Gasteiger partial charge in [0.1, 0.15) is 0 Å². The number of aliphatic carboxylic acids is 1.